The van der Waals surface area contributed by atoms with Crippen LogP contribution < -0.4 is 0 Å². The molecule has 0 amide bonds. The maximum absolute atomic E-state index is 12.3. The van der Waals surface area contributed by atoms with Gasteiger partial charge in [-0.1, -0.05) is 31.2 Å². The molecule has 0 aliphatic carbocycles. The van der Waals surface area contributed by atoms with Gasteiger partial charge in [-0.15, -0.1) is 0 Å². The molecule has 4 heteroatoms. The molecule has 2 aromatic rings. The standard InChI is InChI=1S/C14H17N3O/c1-3-11-7-5-6-8-12(11)13(18)9-14-15-10-16-17(14)4-2/h5-8,10H,3-4,9H2,1-2H3. The molecular weight excluding hydrogens is 226 g/mol. The van der Waals surface area contributed by atoms with E-state index in [0.29, 0.717) is 6.42 Å². The van der Waals surface area contributed by atoms with E-state index in [1.54, 1.807) is 4.68 Å². The van der Waals surface area contributed by atoms with Gasteiger partial charge in [0.15, 0.2) is 5.78 Å². The largest absolute Gasteiger partial charge is 0.294 e. The molecule has 0 unspecified atom stereocenters. The summed E-state index contributed by atoms with van der Waals surface area (Å²) >= 11 is 0. The Morgan fingerprint density at radius 1 is 1.28 bits per heavy atom. The number of Topliss-reactive ketones (excluding diaryl/α,β-unsaturated/α-hetero) is 1. The normalized spacial score (nSPS) is 10.6. The van der Waals surface area contributed by atoms with E-state index < -0.39 is 0 Å². The molecule has 4 nitrogen and oxygen atoms in total. The van der Waals surface area contributed by atoms with Crippen LogP contribution in [0.4, 0.5) is 0 Å². The molecule has 0 fully saturated rings. The molecule has 1 aromatic carbocycles. The molecular formula is C14H17N3O. The Morgan fingerprint density at radius 2 is 2.06 bits per heavy atom. The number of aromatic nitrogens is 3. The van der Waals surface area contributed by atoms with Crippen molar-refractivity contribution < 1.29 is 4.79 Å². The summed E-state index contributed by atoms with van der Waals surface area (Å²) in [5.41, 5.74) is 1.88. The summed E-state index contributed by atoms with van der Waals surface area (Å²) in [6, 6.07) is 7.74. The van der Waals surface area contributed by atoms with E-state index in [0.717, 1.165) is 29.9 Å². The van der Waals surface area contributed by atoms with Gasteiger partial charge >= 0.3 is 0 Å². The first-order valence-corrected chi connectivity index (χ1v) is 6.24. The van der Waals surface area contributed by atoms with Gasteiger partial charge in [-0.3, -0.25) is 4.79 Å². The van der Waals surface area contributed by atoms with Crippen LogP contribution >= 0.6 is 0 Å². The maximum atomic E-state index is 12.3. The summed E-state index contributed by atoms with van der Waals surface area (Å²) in [6.07, 6.45) is 2.67. The van der Waals surface area contributed by atoms with Crippen molar-refractivity contribution in [3.8, 4) is 0 Å². The molecule has 1 aromatic heterocycles. The summed E-state index contributed by atoms with van der Waals surface area (Å²) in [5.74, 6) is 0.837. The molecule has 0 aliphatic rings. The van der Waals surface area contributed by atoms with E-state index in [2.05, 4.69) is 17.0 Å². The molecule has 0 aliphatic heterocycles. The van der Waals surface area contributed by atoms with Crippen molar-refractivity contribution in [3.05, 3.63) is 47.5 Å². The lowest BCUT2D eigenvalue weighted by molar-refractivity contribution is 0.0988. The summed E-state index contributed by atoms with van der Waals surface area (Å²) < 4.78 is 1.76. The zero-order chi connectivity index (χ0) is 13.0. The van der Waals surface area contributed by atoms with Gasteiger partial charge in [0.1, 0.15) is 12.2 Å². The first-order chi connectivity index (χ1) is 8.76. The fourth-order valence-corrected chi connectivity index (χ4v) is 2.03. The minimum absolute atomic E-state index is 0.107. The summed E-state index contributed by atoms with van der Waals surface area (Å²) in [6.45, 7) is 4.78. The topological polar surface area (TPSA) is 47.8 Å². The van der Waals surface area contributed by atoms with Crippen molar-refractivity contribution in [2.24, 2.45) is 0 Å². The van der Waals surface area contributed by atoms with Gasteiger partial charge in [0.05, 0.1) is 6.42 Å². The highest BCUT2D eigenvalue weighted by molar-refractivity contribution is 5.98. The van der Waals surface area contributed by atoms with Crippen LogP contribution in [0.5, 0.6) is 0 Å². The predicted octanol–water partition coefficient (Wildman–Crippen LogP) is 2.29. The number of hydrogen-bond acceptors (Lipinski definition) is 3. The van der Waals surface area contributed by atoms with E-state index in [9.17, 15) is 4.79 Å². The van der Waals surface area contributed by atoms with Crippen molar-refractivity contribution in [2.75, 3.05) is 0 Å². The number of ketones is 1. The van der Waals surface area contributed by atoms with Crippen LogP contribution in [0, 0.1) is 0 Å². The zero-order valence-corrected chi connectivity index (χ0v) is 10.8. The monoisotopic (exact) mass is 243 g/mol. The maximum Gasteiger partial charge on any atom is 0.170 e. The molecule has 0 atom stereocenters. The van der Waals surface area contributed by atoms with Gasteiger partial charge in [-0.25, -0.2) is 9.67 Å². The number of carbonyl (C=O) groups is 1. The van der Waals surface area contributed by atoms with E-state index in [1.165, 1.54) is 6.33 Å². The Labute approximate surface area is 107 Å². The molecule has 0 saturated heterocycles. The minimum atomic E-state index is 0.107. The second-order valence-electron chi connectivity index (χ2n) is 4.10. The molecule has 0 N–H and O–H groups in total. The zero-order valence-electron chi connectivity index (χ0n) is 10.8. The Morgan fingerprint density at radius 3 is 2.78 bits per heavy atom. The second-order valence-corrected chi connectivity index (χ2v) is 4.10. The average molecular weight is 243 g/mol. The van der Waals surface area contributed by atoms with Gasteiger partial charge in [0, 0.05) is 12.1 Å². The van der Waals surface area contributed by atoms with Crippen molar-refractivity contribution in [3.63, 3.8) is 0 Å². The third kappa shape index (κ3) is 2.47. The quantitative estimate of drug-likeness (QED) is 0.757. The molecule has 0 saturated carbocycles. The molecule has 0 spiro atoms. The molecule has 94 valence electrons. The Hall–Kier alpha value is -1.97. The van der Waals surface area contributed by atoms with Crippen LogP contribution in [0.25, 0.3) is 0 Å². The third-order valence-electron chi connectivity index (χ3n) is 3.01. The summed E-state index contributed by atoms with van der Waals surface area (Å²) in [4.78, 5) is 16.4. The van der Waals surface area contributed by atoms with Crippen molar-refractivity contribution in [1.29, 1.82) is 0 Å². The van der Waals surface area contributed by atoms with Gasteiger partial charge in [-0.05, 0) is 18.9 Å². The van der Waals surface area contributed by atoms with Crippen LogP contribution in [0.1, 0.15) is 35.6 Å². The van der Waals surface area contributed by atoms with E-state index in [-0.39, 0.29) is 5.78 Å². The van der Waals surface area contributed by atoms with Crippen LogP contribution in [0.15, 0.2) is 30.6 Å². The predicted molar refractivity (Wildman–Crippen MR) is 69.6 cm³/mol. The summed E-state index contributed by atoms with van der Waals surface area (Å²) in [5, 5.41) is 4.08. The fraction of sp³-hybridized carbons (Fsp3) is 0.357. The fourth-order valence-electron chi connectivity index (χ4n) is 2.03. The number of benzene rings is 1. The first-order valence-electron chi connectivity index (χ1n) is 6.24. The molecule has 2 rings (SSSR count). The van der Waals surface area contributed by atoms with E-state index in [1.807, 2.05) is 31.2 Å². The number of hydrogen-bond donors (Lipinski definition) is 0. The number of aryl methyl sites for hydroxylation is 2. The highest BCUT2D eigenvalue weighted by Gasteiger charge is 2.13. The van der Waals surface area contributed by atoms with Crippen LogP contribution in [0.3, 0.4) is 0 Å². The van der Waals surface area contributed by atoms with Crippen molar-refractivity contribution in [2.45, 2.75) is 33.2 Å². The van der Waals surface area contributed by atoms with Crippen LogP contribution in [0.2, 0.25) is 0 Å². The Bertz CT molecular complexity index is 545. The van der Waals surface area contributed by atoms with Gasteiger partial charge in [-0.2, -0.15) is 5.10 Å². The third-order valence-corrected chi connectivity index (χ3v) is 3.01. The van der Waals surface area contributed by atoms with Gasteiger partial charge in [0.25, 0.3) is 0 Å². The summed E-state index contributed by atoms with van der Waals surface area (Å²) in [7, 11) is 0. The van der Waals surface area contributed by atoms with Gasteiger partial charge < -0.3 is 0 Å². The first kappa shape index (κ1) is 12.5. The number of carbonyl (C=O) groups excluding carboxylic acids is 1. The minimum Gasteiger partial charge on any atom is -0.294 e. The van der Waals surface area contributed by atoms with Crippen LogP contribution in [-0.4, -0.2) is 20.5 Å². The SMILES string of the molecule is CCc1ccccc1C(=O)Cc1ncnn1CC. The van der Waals surface area contributed by atoms with Gasteiger partial charge in [0.2, 0.25) is 0 Å². The highest BCUT2D eigenvalue weighted by atomic mass is 16.1. The van der Waals surface area contributed by atoms with Crippen LogP contribution in [-0.2, 0) is 19.4 Å². The Balaban J connectivity index is 2.22. The average Bonchev–Trinajstić information content (AvgIpc) is 2.85. The molecule has 1 heterocycles. The lowest BCUT2D eigenvalue weighted by atomic mass is 10.00. The second kappa shape index (κ2) is 5.58. The molecule has 0 radical (unpaired) electrons. The highest BCUT2D eigenvalue weighted by Crippen LogP contribution is 2.12. The van der Waals surface area contributed by atoms with Crippen molar-refractivity contribution in [1.82, 2.24) is 14.8 Å². The lowest BCUT2D eigenvalue weighted by Gasteiger charge is -2.06. The number of nitrogens with zero attached hydrogens (tertiary/aromatic N) is 3. The molecule has 0 bridgehead atoms. The number of rotatable bonds is 5. The van der Waals surface area contributed by atoms with E-state index in [4.69, 9.17) is 0 Å². The van der Waals surface area contributed by atoms with E-state index >= 15 is 0 Å². The van der Waals surface area contributed by atoms with Crippen molar-refractivity contribution >= 4 is 5.78 Å². The lowest BCUT2D eigenvalue weighted by Crippen LogP contribution is -2.12. The molecule has 18 heavy (non-hydrogen) atoms. The Kier molecular flexibility index (Phi) is 3.87. The smallest absolute Gasteiger partial charge is 0.170 e.